The van der Waals surface area contributed by atoms with Crippen LogP contribution in [0, 0.1) is 0 Å². The van der Waals surface area contributed by atoms with Crippen LogP contribution in [-0.2, 0) is 6.18 Å². The Balaban J connectivity index is 2.55. The fraction of sp³-hybridized carbons (Fsp3) is 0.444. The number of rotatable bonds is 6. The van der Waals surface area contributed by atoms with Crippen LogP contribution in [0.5, 0.6) is 6.01 Å². The number of hydrogen-bond donors (Lipinski definition) is 0. The lowest BCUT2D eigenvalue weighted by Gasteiger charge is -2.25. The second-order valence-corrected chi connectivity index (χ2v) is 6.01. The van der Waals surface area contributed by atoms with Gasteiger partial charge in [0.2, 0.25) is 0 Å². The van der Waals surface area contributed by atoms with Crippen molar-refractivity contribution in [2.75, 3.05) is 18.6 Å². The van der Waals surface area contributed by atoms with Gasteiger partial charge in [-0.2, -0.15) is 18.2 Å². The van der Waals surface area contributed by atoms with Gasteiger partial charge in [0.05, 0.1) is 6.61 Å². The quantitative estimate of drug-likeness (QED) is 0.718. The molecule has 0 amide bonds. The third-order valence-corrected chi connectivity index (χ3v) is 3.73. The van der Waals surface area contributed by atoms with Gasteiger partial charge in [-0.15, -0.1) is 0 Å². The van der Waals surface area contributed by atoms with Gasteiger partial charge in [0.1, 0.15) is 5.56 Å². The molecule has 0 bridgehead atoms. The second kappa shape index (κ2) is 7.72. The number of alkyl halides is 3. The highest BCUT2D eigenvalue weighted by atomic mass is 19.4. The molecule has 0 saturated heterocycles. The largest absolute Gasteiger partial charge is 0.463 e. The first-order chi connectivity index (χ1) is 11.8. The van der Waals surface area contributed by atoms with Crippen LogP contribution in [0.4, 0.5) is 24.7 Å². The number of aromatic nitrogens is 2. The summed E-state index contributed by atoms with van der Waals surface area (Å²) in [5.74, 6) is -0.0626. The zero-order chi connectivity index (χ0) is 18.6. The third-order valence-electron chi connectivity index (χ3n) is 3.73. The molecule has 0 N–H and O–H groups in total. The molecule has 0 aliphatic heterocycles. The van der Waals surface area contributed by atoms with E-state index in [0.717, 1.165) is 11.8 Å². The molecule has 0 atom stereocenters. The van der Waals surface area contributed by atoms with Crippen LogP contribution in [0.2, 0.25) is 0 Å². The van der Waals surface area contributed by atoms with Crippen molar-refractivity contribution in [2.45, 2.75) is 39.3 Å². The first-order valence-electron chi connectivity index (χ1n) is 8.15. The fourth-order valence-corrected chi connectivity index (χ4v) is 2.47. The molecule has 2 rings (SSSR count). The molecule has 0 saturated carbocycles. The van der Waals surface area contributed by atoms with Crippen LogP contribution in [-0.4, -0.2) is 23.6 Å². The Bertz CT molecular complexity index is 717. The second-order valence-electron chi connectivity index (χ2n) is 6.01. The van der Waals surface area contributed by atoms with Crippen molar-refractivity contribution in [3.05, 3.63) is 41.6 Å². The summed E-state index contributed by atoms with van der Waals surface area (Å²) in [4.78, 5) is 9.17. The number of ether oxygens (including phenoxy) is 1. The van der Waals surface area contributed by atoms with Crippen molar-refractivity contribution >= 4 is 11.5 Å². The summed E-state index contributed by atoms with van der Waals surface area (Å²) in [6.45, 7) is 6.23. The van der Waals surface area contributed by atoms with E-state index in [0.29, 0.717) is 18.7 Å². The molecular formula is C18H22F3N3O. The average Bonchev–Trinajstić information content (AvgIpc) is 2.58. The van der Waals surface area contributed by atoms with Crippen LogP contribution in [0.1, 0.15) is 44.2 Å². The maximum absolute atomic E-state index is 13.4. The van der Waals surface area contributed by atoms with E-state index in [9.17, 15) is 13.2 Å². The highest BCUT2D eigenvalue weighted by molar-refractivity contribution is 5.66. The lowest BCUT2D eigenvalue weighted by molar-refractivity contribution is -0.137. The molecule has 1 heterocycles. The van der Waals surface area contributed by atoms with Crippen molar-refractivity contribution in [1.29, 1.82) is 0 Å². The molecule has 1 aromatic heterocycles. The summed E-state index contributed by atoms with van der Waals surface area (Å²) in [5.41, 5.74) is 0.716. The smallest absolute Gasteiger partial charge is 0.421 e. The first-order valence-corrected chi connectivity index (χ1v) is 8.15. The predicted octanol–water partition coefficient (Wildman–Crippen LogP) is 5.18. The van der Waals surface area contributed by atoms with Gasteiger partial charge in [0, 0.05) is 18.9 Å². The molecule has 0 fully saturated rings. The molecule has 0 aliphatic rings. The minimum absolute atomic E-state index is 0.0567. The number of anilines is 2. The van der Waals surface area contributed by atoms with E-state index in [2.05, 4.69) is 9.97 Å². The lowest BCUT2D eigenvalue weighted by atomic mass is 10.0. The first kappa shape index (κ1) is 19.0. The van der Waals surface area contributed by atoms with Gasteiger partial charge < -0.3 is 9.64 Å². The van der Waals surface area contributed by atoms with Gasteiger partial charge in [0.25, 0.3) is 0 Å². The summed E-state index contributed by atoms with van der Waals surface area (Å²) in [7, 11) is 1.57. The molecule has 0 spiro atoms. The van der Waals surface area contributed by atoms with Gasteiger partial charge in [-0.1, -0.05) is 39.0 Å². The Hall–Kier alpha value is -2.31. The maximum atomic E-state index is 13.4. The van der Waals surface area contributed by atoms with Crippen LogP contribution in [0.15, 0.2) is 30.5 Å². The van der Waals surface area contributed by atoms with Gasteiger partial charge in [0.15, 0.2) is 5.82 Å². The molecule has 1 aromatic carbocycles. The molecule has 2 aromatic rings. The Morgan fingerprint density at radius 1 is 1.20 bits per heavy atom. The van der Waals surface area contributed by atoms with E-state index in [1.54, 1.807) is 19.2 Å². The topological polar surface area (TPSA) is 38.2 Å². The Labute approximate surface area is 145 Å². The van der Waals surface area contributed by atoms with E-state index in [1.807, 2.05) is 32.9 Å². The van der Waals surface area contributed by atoms with E-state index in [-0.39, 0.29) is 17.7 Å². The van der Waals surface area contributed by atoms with Gasteiger partial charge in [-0.3, -0.25) is 0 Å². The SMILES string of the molecule is CCCOc1ncc(C(F)(F)F)c(N(C)c2ccccc2C(C)C)n1. The molecule has 0 radical (unpaired) electrons. The summed E-state index contributed by atoms with van der Waals surface area (Å²) >= 11 is 0. The minimum atomic E-state index is -4.56. The average molecular weight is 353 g/mol. The standard InChI is InChI=1S/C18H22F3N3O/c1-5-10-25-17-22-11-14(18(19,20)21)16(23-17)24(4)15-9-7-6-8-13(15)12(2)3/h6-9,11-12H,5,10H2,1-4H3. The molecule has 0 unspecified atom stereocenters. The molecule has 7 heteroatoms. The number of benzene rings is 1. The number of halogens is 3. The lowest BCUT2D eigenvalue weighted by Crippen LogP contribution is -2.20. The highest BCUT2D eigenvalue weighted by Gasteiger charge is 2.37. The van der Waals surface area contributed by atoms with Gasteiger partial charge >= 0.3 is 12.2 Å². The van der Waals surface area contributed by atoms with E-state index < -0.39 is 11.7 Å². The van der Waals surface area contributed by atoms with Crippen molar-refractivity contribution in [3.63, 3.8) is 0 Å². The van der Waals surface area contributed by atoms with E-state index >= 15 is 0 Å². The van der Waals surface area contributed by atoms with E-state index in [4.69, 9.17) is 4.74 Å². The zero-order valence-corrected chi connectivity index (χ0v) is 14.8. The van der Waals surface area contributed by atoms with Crippen molar-refractivity contribution in [2.24, 2.45) is 0 Å². The van der Waals surface area contributed by atoms with Crippen LogP contribution >= 0.6 is 0 Å². The van der Waals surface area contributed by atoms with E-state index in [1.165, 1.54) is 4.90 Å². The summed E-state index contributed by atoms with van der Waals surface area (Å²) in [6, 6.07) is 7.29. The summed E-state index contributed by atoms with van der Waals surface area (Å²) in [6.07, 6.45) is -3.06. The third kappa shape index (κ3) is 4.41. The molecule has 136 valence electrons. The minimum Gasteiger partial charge on any atom is -0.463 e. The summed E-state index contributed by atoms with van der Waals surface area (Å²) in [5, 5.41) is 0. The number of nitrogens with zero attached hydrogens (tertiary/aromatic N) is 3. The Morgan fingerprint density at radius 2 is 1.88 bits per heavy atom. The monoisotopic (exact) mass is 353 g/mol. The zero-order valence-electron chi connectivity index (χ0n) is 14.8. The predicted molar refractivity (Wildman–Crippen MR) is 91.4 cm³/mol. The maximum Gasteiger partial charge on any atom is 0.421 e. The normalized spacial score (nSPS) is 11.7. The Kier molecular flexibility index (Phi) is 5.87. The van der Waals surface area contributed by atoms with Gasteiger partial charge in [-0.05, 0) is 24.0 Å². The molecular weight excluding hydrogens is 331 g/mol. The molecule has 25 heavy (non-hydrogen) atoms. The number of hydrogen-bond acceptors (Lipinski definition) is 4. The number of para-hydroxylation sites is 1. The fourth-order valence-electron chi connectivity index (χ4n) is 2.47. The summed E-state index contributed by atoms with van der Waals surface area (Å²) < 4.78 is 45.6. The molecule has 4 nitrogen and oxygen atoms in total. The van der Waals surface area contributed by atoms with Crippen LogP contribution < -0.4 is 9.64 Å². The molecule has 0 aliphatic carbocycles. The Morgan fingerprint density at radius 3 is 2.48 bits per heavy atom. The van der Waals surface area contributed by atoms with Gasteiger partial charge in [-0.25, -0.2) is 4.98 Å². The highest BCUT2D eigenvalue weighted by Crippen LogP contribution is 2.39. The van der Waals surface area contributed by atoms with Crippen LogP contribution in [0.25, 0.3) is 0 Å². The van der Waals surface area contributed by atoms with Crippen LogP contribution in [0.3, 0.4) is 0 Å². The van der Waals surface area contributed by atoms with Crippen molar-refractivity contribution in [1.82, 2.24) is 9.97 Å². The van der Waals surface area contributed by atoms with Crippen molar-refractivity contribution < 1.29 is 17.9 Å². The van der Waals surface area contributed by atoms with Crippen molar-refractivity contribution in [3.8, 4) is 6.01 Å².